The summed E-state index contributed by atoms with van der Waals surface area (Å²) in [5.41, 5.74) is 7.46. The number of benzene rings is 2. The Hall–Kier alpha value is -3.56. The number of hydrogen-bond donors (Lipinski definition) is 3. The van der Waals surface area contributed by atoms with Crippen molar-refractivity contribution in [2.45, 2.75) is 26.9 Å². The molecule has 3 aromatic rings. The molecule has 9 nitrogen and oxygen atoms in total. The van der Waals surface area contributed by atoms with Crippen LogP contribution in [0.15, 0.2) is 60.6 Å². The molecule has 0 spiro atoms. The van der Waals surface area contributed by atoms with Gasteiger partial charge >= 0.3 is 6.03 Å². The number of amides is 2. The Morgan fingerprint density at radius 2 is 1.86 bits per heavy atom. The molecule has 1 unspecified atom stereocenters. The van der Waals surface area contributed by atoms with E-state index in [1.165, 1.54) is 0 Å². The molecule has 2 aromatic carbocycles. The lowest BCUT2D eigenvalue weighted by Gasteiger charge is -2.21. The van der Waals surface area contributed by atoms with E-state index in [1.807, 2.05) is 42.7 Å². The standard InChI is InChI=1S/C26H35N7O2/c1-26(2,3)23-16-24(30-35-23)29-25(34)28-18-7-9-19(10-8-18)33-17-27-21-12-11-20(15-22(21)33)32(6)14-13-31(4)5/h7-12,15-17,24,30H,13-14H2,1-6H3,(H2,28,29,34). The maximum absolute atomic E-state index is 12.4. The third kappa shape index (κ3) is 5.93. The van der Waals surface area contributed by atoms with Crippen molar-refractivity contribution in [3.05, 3.63) is 60.6 Å². The molecule has 186 valence electrons. The van der Waals surface area contributed by atoms with Crippen molar-refractivity contribution < 1.29 is 9.63 Å². The topological polar surface area (TPSA) is 86.7 Å². The van der Waals surface area contributed by atoms with Crippen LogP contribution >= 0.6 is 0 Å². The number of carbonyl (C=O) groups excluding carboxylic acids is 1. The Kier molecular flexibility index (Phi) is 7.00. The summed E-state index contributed by atoms with van der Waals surface area (Å²) in [6.45, 7) is 8.08. The molecule has 0 bridgehead atoms. The molecule has 1 aliphatic rings. The normalized spacial score (nSPS) is 15.7. The Morgan fingerprint density at radius 3 is 2.51 bits per heavy atom. The smallest absolute Gasteiger partial charge is 0.320 e. The number of nitrogens with one attached hydrogen (secondary N) is 3. The van der Waals surface area contributed by atoms with Crippen molar-refractivity contribution in [1.82, 2.24) is 25.2 Å². The number of hydroxylamine groups is 1. The molecule has 35 heavy (non-hydrogen) atoms. The molecule has 0 aliphatic carbocycles. The van der Waals surface area contributed by atoms with Gasteiger partial charge in [-0.2, -0.15) is 0 Å². The van der Waals surface area contributed by atoms with Gasteiger partial charge in [-0.25, -0.2) is 9.78 Å². The maximum atomic E-state index is 12.4. The summed E-state index contributed by atoms with van der Waals surface area (Å²) in [6.07, 6.45) is 3.32. The number of fused-ring (bicyclic) bond motifs is 1. The number of likely N-dealkylation sites (N-methyl/N-ethyl adjacent to an activating group) is 2. The van der Waals surface area contributed by atoms with Gasteiger partial charge in [0.1, 0.15) is 18.3 Å². The number of carbonyl (C=O) groups is 1. The molecule has 3 N–H and O–H groups in total. The zero-order valence-electron chi connectivity index (χ0n) is 21.3. The first-order valence-electron chi connectivity index (χ1n) is 11.8. The van der Waals surface area contributed by atoms with Gasteiger partial charge in [-0.15, -0.1) is 5.48 Å². The van der Waals surface area contributed by atoms with Crippen LogP contribution in [0.1, 0.15) is 20.8 Å². The fourth-order valence-electron chi connectivity index (χ4n) is 3.75. The lowest BCUT2D eigenvalue weighted by atomic mass is 9.94. The van der Waals surface area contributed by atoms with Gasteiger partial charge in [-0.05, 0) is 62.6 Å². The number of aromatic nitrogens is 2. The molecule has 9 heteroatoms. The van der Waals surface area contributed by atoms with E-state index >= 15 is 0 Å². The van der Waals surface area contributed by atoms with Gasteiger partial charge in [0.25, 0.3) is 0 Å². The largest absolute Gasteiger partial charge is 0.410 e. The van der Waals surface area contributed by atoms with Crippen LogP contribution in [0.4, 0.5) is 16.2 Å². The lowest BCUT2D eigenvalue weighted by molar-refractivity contribution is 0.0755. The van der Waals surface area contributed by atoms with E-state index in [9.17, 15) is 4.79 Å². The first-order chi connectivity index (χ1) is 16.6. The van der Waals surface area contributed by atoms with Crippen LogP contribution in [0.2, 0.25) is 0 Å². The number of anilines is 2. The van der Waals surface area contributed by atoms with Crippen LogP contribution in [0.5, 0.6) is 0 Å². The molecule has 1 atom stereocenters. The highest BCUT2D eigenvalue weighted by Gasteiger charge is 2.27. The fourth-order valence-corrected chi connectivity index (χ4v) is 3.75. The highest BCUT2D eigenvalue weighted by Crippen LogP contribution is 2.28. The van der Waals surface area contributed by atoms with E-state index in [2.05, 4.69) is 89.5 Å². The van der Waals surface area contributed by atoms with Crippen LogP contribution in [0.25, 0.3) is 16.7 Å². The molecular formula is C26H35N7O2. The minimum atomic E-state index is -0.383. The number of rotatable bonds is 7. The van der Waals surface area contributed by atoms with Gasteiger partial charge < -0.3 is 25.3 Å². The molecule has 0 fully saturated rings. The van der Waals surface area contributed by atoms with Gasteiger partial charge in [0, 0.05) is 42.6 Å². The quantitative estimate of drug-likeness (QED) is 0.478. The lowest BCUT2D eigenvalue weighted by Crippen LogP contribution is -2.43. The predicted octanol–water partition coefficient (Wildman–Crippen LogP) is 3.94. The second kappa shape index (κ2) is 9.97. The molecule has 1 aliphatic heterocycles. The molecular weight excluding hydrogens is 442 g/mol. The van der Waals surface area contributed by atoms with Crippen molar-refractivity contribution >= 4 is 28.4 Å². The third-order valence-corrected chi connectivity index (χ3v) is 5.90. The number of allylic oxidation sites excluding steroid dienone is 1. The predicted molar refractivity (Wildman–Crippen MR) is 141 cm³/mol. The zero-order valence-corrected chi connectivity index (χ0v) is 21.3. The van der Waals surface area contributed by atoms with Gasteiger partial charge in [0.15, 0.2) is 0 Å². The molecule has 1 aromatic heterocycles. The Labute approximate surface area is 206 Å². The van der Waals surface area contributed by atoms with E-state index in [0.29, 0.717) is 5.69 Å². The third-order valence-electron chi connectivity index (χ3n) is 5.90. The average Bonchev–Trinajstić information content (AvgIpc) is 3.44. The van der Waals surface area contributed by atoms with Crippen molar-refractivity contribution in [1.29, 1.82) is 0 Å². The van der Waals surface area contributed by atoms with Gasteiger partial charge in [0.05, 0.1) is 11.0 Å². The summed E-state index contributed by atoms with van der Waals surface area (Å²) >= 11 is 0. The summed E-state index contributed by atoms with van der Waals surface area (Å²) in [7, 11) is 6.26. The summed E-state index contributed by atoms with van der Waals surface area (Å²) in [6, 6.07) is 13.7. The molecule has 0 radical (unpaired) electrons. The van der Waals surface area contributed by atoms with E-state index in [4.69, 9.17) is 4.84 Å². The number of nitrogens with zero attached hydrogens (tertiary/aromatic N) is 4. The van der Waals surface area contributed by atoms with Crippen LogP contribution in [-0.2, 0) is 4.84 Å². The SMILES string of the molecule is CN(C)CCN(C)c1ccc2ncn(-c3ccc(NC(=O)NC4C=C(C(C)(C)C)ON4)cc3)c2c1. The summed E-state index contributed by atoms with van der Waals surface area (Å²) < 4.78 is 2.06. The summed E-state index contributed by atoms with van der Waals surface area (Å²) in [5, 5.41) is 5.71. The zero-order chi connectivity index (χ0) is 25.2. The minimum absolute atomic E-state index is 0.129. The average molecular weight is 478 g/mol. The summed E-state index contributed by atoms with van der Waals surface area (Å²) in [5.74, 6) is 0.798. The molecule has 0 saturated heterocycles. The van der Waals surface area contributed by atoms with E-state index < -0.39 is 0 Å². The monoisotopic (exact) mass is 477 g/mol. The van der Waals surface area contributed by atoms with Crippen LogP contribution < -0.4 is 21.0 Å². The van der Waals surface area contributed by atoms with E-state index in [1.54, 1.807) is 0 Å². The van der Waals surface area contributed by atoms with Gasteiger partial charge in [-0.1, -0.05) is 20.8 Å². The minimum Gasteiger partial charge on any atom is -0.410 e. The van der Waals surface area contributed by atoms with Crippen LogP contribution in [-0.4, -0.2) is 60.9 Å². The Morgan fingerprint density at radius 1 is 1.11 bits per heavy atom. The van der Waals surface area contributed by atoms with Crippen LogP contribution in [0, 0.1) is 5.41 Å². The highest BCUT2D eigenvalue weighted by atomic mass is 16.7. The second-order valence-electron chi connectivity index (χ2n) is 10.1. The summed E-state index contributed by atoms with van der Waals surface area (Å²) in [4.78, 5) is 26.9. The first-order valence-corrected chi connectivity index (χ1v) is 11.8. The highest BCUT2D eigenvalue weighted by molar-refractivity contribution is 5.89. The Bertz CT molecular complexity index is 1210. The molecule has 2 heterocycles. The van der Waals surface area contributed by atoms with Crippen molar-refractivity contribution in [2.75, 3.05) is 44.4 Å². The van der Waals surface area contributed by atoms with Crippen LogP contribution in [0.3, 0.4) is 0 Å². The second-order valence-corrected chi connectivity index (χ2v) is 10.1. The Balaban J connectivity index is 1.43. The number of hydrogen-bond acceptors (Lipinski definition) is 6. The fraction of sp³-hybridized carbons (Fsp3) is 0.385. The van der Waals surface area contributed by atoms with Crippen molar-refractivity contribution in [2.24, 2.45) is 5.41 Å². The molecule has 0 saturated carbocycles. The van der Waals surface area contributed by atoms with Crippen molar-refractivity contribution in [3.8, 4) is 5.69 Å². The number of urea groups is 1. The van der Waals surface area contributed by atoms with E-state index in [0.717, 1.165) is 41.3 Å². The molecule has 2 amide bonds. The first kappa shape index (κ1) is 24.6. The van der Waals surface area contributed by atoms with Crippen molar-refractivity contribution in [3.63, 3.8) is 0 Å². The van der Waals surface area contributed by atoms with E-state index in [-0.39, 0.29) is 17.6 Å². The number of imidazole rings is 1. The van der Waals surface area contributed by atoms with Gasteiger partial charge in [0.2, 0.25) is 0 Å². The maximum Gasteiger partial charge on any atom is 0.320 e. The molecule has 4 rings (SSSR count). The van der Waals surface area contributed by atoms with Gasteiger partial charge in [-0.3, -0.25) is 4.57 Å².